The van der Waals surface area contributed by atoms with Gasteiger partial charge in [-0.25, -0.2) is 8.42 Å². The molecule has 0 aliphatic rings. The molecule has 0 N–H and O–H groups in total. The van der Waals surface area contributed by atoms with Crippen molar-refractivity contribution in [2.24, 2.45) is 0 Å². The van der Waals surface area contributed by atoms with Gasteiger partial charge in [0.15, 0.2) is 0 Å². The van der Waals surface area contributed by atoms with Crippen LogP contribution in [0.2, 0.25) is 5.02 Å². The number of para-hydroxylation sites is 1. The number of hydrogen-bond donors (Lipinski definition) is 0. The van der Waals surface area contributed by atoms with Crippen LogP contribution in [-0.4, -0.2) is 27.5 Å². The van der Waals surface area contributed by atoms with Gasteiger partial charge in [-0.05, 0) is 74.0 Å². The van der Waals surface area contributed by atoms with Crippen LogP contribution in [0.1, 0.15) is 32.3 Å². The van der Waals surface area contributed by atoms with Gasteiger partial charge in [0.25, 0.3) is 15.9 Å². The number of hydrogen-bond acceptors (Lipinski definition) is 5. The molecule has 0 radical (unpaired) electrons. The van der Waals surface area contributed by atoms with Crippen LogP contribution in [0.4, 0.5) is 5.69 Å². The van der Waals surface area contributed by atoms with E-state index in [0.717, 1.165) is 17.1 Å². The van der Waals surface area contributed by atoms with Gasteiger partial charge < -0.3 is 9.47 Å². The van der Waals surface area contributed by atoms with Crippen LogP contribution >= 0.6 is 11.6 Å². The quantitative estimate of drug-likeness (QED) is 0.220. The molecule has 0 heterocycles. The molecule has 1 amide bonds. The van der Waals surface area contributed by atoms with E-state index in [1.807, 2.05) is 25.1 Å². The fourth-order valence-corrected chi connectivity index (χ4v) is 4.76. The van der Waals surface area contributed by atoms with E-state index in [1.165, 1.54) is 42.5 Å². The Morgan fingerprint density at radius 3 is 2.29 bits per heavy atom. The number of carbonyl (C=O) groups excluding carboxylic acids is 1. The first-order chi connectivity index (χ1) is 16.9. The summed E-state index contributed by atoms with van der Waals surface area (Å²) in [4.78, 5) is 13.3. The summed E-state index contributed by atoms with van der Waals surface area (Å²) in [6, 6.07) is 19.3. The second kappa shape index (κ2) is 12.4. The van der Waals surface area contributed by atoms with Gasteiger partial charge in [0.2, 0.25) is 0 Å². The Morgan fingerprint density at radius 1 is 0.943 bits per heavy atom. The normalized spacial score (nSPS) is 11.4. The van der Waals surface area contributed by atoms with E-state index >= 15 is 0 Å². The van der Waals surface area contributed by atoms with Crippen molar-refractivity contribution in [1.29, 1.82) is 0 Å². The molecule has 0 saturated heterocycles. The molecule has 35 heavy (non-hydrogen) atoms. The highest BCUT2D eigenvalue weighted by molar-refractivity contribution is 7.93. The van der Waals surface area contributed by atoms with Crippen LogP contribution in [0.25, 0.3) is 6.08 Å². The maximum atomic E-state index is 13.5. The smallest absolute Gasteiger partial charge is 0.271 e. The maximum absolute atomic E-state index is 13.5. The average Bonchev–Trinajstić information content (AvgIpc) is 2.85. The standard InChI is InChI=1S/C27H28ClNO5S/c1-3-5-20-34-26-9-7-6-8-21(26)10-19-27(30)29(23-13-15-24(16-14-23)33-4-2)35(31,32)25-17-11-22(28)12-18-25/h6-19H,3-5,20H2,1-2H3/b19-10+. The third-order valence-corrected chi connectivity index (χ3v) is 7.01. The fourth-order valence-electron chi connectivity index (χ4n) is 3.25. The van der Waals surface area contributed by atoms with Crippen molar-refractivity contribution in [3.8, 4) is 11.5 Å². The molecule has 6 nitrogen and oxygen atoms in total. The Bertz CT molecular complexity index is 1260. The van der Waals surface area contributed by atoms with Gasteiger partial charge in [0.05, 0.1) is 23.8 Å². The molecule has 0 spiro atoms. The zero-order chi connectivity index (χ0) is 25.3. The zero-order valence-electron chi connectivity index (χ0n) is 19.7. The summed E-state index contributed by atoms with van der Waals surface area (Å²) >= 11 is 5.93. The molecule has 0 atom stereocenters. The van der Waals surface area contributed by atoms with Gasteiger partial charge in [-0.15, -0.1) is 0 Å². The van der Waals surface area contributed by atoms with Crippen molar-refractivity contribution in [2.75, 3.05) is 17.5 Å². The Balaban J connectivity index is 1.98. The molecule has 3 rings (SSSR count). The van der Waals surface area contributed by atoms with Crippen LogP contribution in [0.3, 0.4) is 0 Å². The first-order valence-electron chi connectivity index (χ1n) is 11.3. The van der Waals surface area contributed by atoms with E-state index in [0.29, 0.717) is 35.3 Å². The predicted octanol–water partition coefficient (Wildman–Crippen LogP) is 6.35. The van der Waals surface area contributed by atoms with Crippen molar-refractivity contribution in [2.45, 2.75) is 31.6 Å². The molecule has 0 unspecified atom stereocenters. The van der Waals surface area contributed by atoms with Gasteiger partial charge in [-0.2, -0.15) is 4.31 Å². The molecule has 0 fully saturated rings. The molecule has 184 valence electrons. The number of halogens is 1. The summed E-state index contributed by atoms with van der Waals surface area (Å²) < 4.78 is 39.1. The van der Waals surface area contributed by atoms with Gasteiger partial charge in [0, 0.05) is 16.7 Å². The van der Waals surface area contributed by atoms with Gasteiger partial charge in [-0.3, -0.25) is 4.79 Å². The number of anilines is 1. The topological polar surface area (TPSA) is 72.9 Å². The number of nitrogens with zero attached hydrogens (tertiary/aromatic N) is 1. The van der Waals surface area contributed by atoms with Gasteiger partial charge in [0.1, 0.15) is 11.5 Å². The molecule has 3 aromatic carbocycles. The van der Waals surface area contributed by atoms with Gasteiger partial charge in [-0.1, -0.05) is 43.1 Å². The third kappa shape index (κ3) is 6.87. The lowest BCUT2D eigenvalue weighted by atomic mass is 10.2. The Labute approximate surface area is 211 Å². The molecule has 3 aromatic rings. The van der Waals surface area contributed by atoms with Crippen LogP contribution in [-0.2, 0) is 14.8 Å². The minimum absolute atomic E-state index is 0.0548. The van der Waals surface area contributed by atoms with Crippen LogP contribution < -0.4 is 13.8 Å². The molecule has 0 saturated carbocycles. The number of sulfonamides is 1. The Hall–Kier alpha value is -3.29. The zero-order valence-corrected chi connectivity index (χ0v) is 21.3. The van der Waals surface area contributed by atoms with Crippen molar-refractivity contribution in [3.63, 3.8) is 0 Å². The number of benzene rings is 3. The van der Waals surface area contributed by atoms with E-state index < -0.39 is 15.9 Å². The molecule has 0 bridgehead atoms. The van der Waals surface area contributed by atoms with Crippen molar-refractivity contribution < 1.29 is 22.7 Å². The van der Waals surface area contributed by atoms with Crippen molar-refractivity contribution in [3.05, 3.63) is 89.5 Å². The van der Waals surface area contributed by atoms with Crippen LogP contribution in [0.15, 0.2) is 83.8 Å². The Kier molecular flexibility index (Phi) is 9.34. The van der Waals surface area contributed by atoms with Crippen molar-refractivity contribution in [1.82, 2.24) is 0 Å². The molecular formula is C27H28ClNO5S. The van der Waals surface area contributed by atoms with Gasteiger partial charge >= 0.3 is 0 Å². The predicted molar refractivity (Wildman–Crippen MR) is 140 cm³/mol. The number of amides is 1. The minimum Gasteiger partial charge on any atom is -0.494 e. The summed E-state index contributed by atoms with van der Waals surface area (Å²) in [5, 5.41) is 0.391. The van der Waals surface area contributed by atoms with E-state index in [9.17, 15) is 13.2 Å². The first kappa shape index (κ1) is 26.3. The van der Waals surface area contributed by atoms with E-state index in [4.69, 9.17) is 21.1 Å². The molecule has 0 aliphatic heterocycles. The summed E-state index contributed by atoms with van der Waals surface area (Å²) in [5.74, 6) is 0.465. The SMILES string of the molecule is CCCCOc1ccccc1/C=C/C(=O)N(c1ccc(OCC)cc1)S(=O)(=O)c1ccc(Cl)cc1. The Morgan fingerprint density at radius 2 is 1.63 bits per heavy atom. The van der Waals surface area contributed by atoms with E-state index in [-0.39, 0.29) is 10.6 Å². The van der Waals surface area contributed by atoms with Crippen LogP contribution in [0.5, 0.6) is 11.5 Å². The average molecular weight is 514 g/mol. The molecule has 0 aliphatic carbocycles. The minimum atomic E-state index is -4.23. The lowest BCUT2D eigenvalue weighted by Gasteiger charge is -2.22. The lowest BCUT2D eigenvalue weighted by Crippen LogP contribution is -2.35. The van der Waals surface area contributed by atoms with E-state index in [2.05, 4.69) is 6.92 Å². The second-order valence-electron chi connectivity index (χ2n) is 7.56. The summed E-state index contributed by atoms with van der Waals surface area (Å²) in [6.45, 7) is 4.94. The molecular weight excluding hydrogens is 486 g/mol. The number of ether oxygens (including phenoxy) is 2. The van der Waals surface area contributed by atoms with Crippen LogP contribution in [0, 0.1) is 0 Å². The second-order valence-corrected chi connectivity index (χ2v) is 9.78. The number of carbonyl (C=O) groups is 1. The molecule has 0 aromatic heterocycles. The summed E-state index contributed by atoms with van der Waals surface area (Å²) in [6.07, 6.45) is 4.69. The first-order valence-corrected chi connectivity index (χ1v) is 13.2. The maximum Gasteiger partial charge on any atom is 0.271 e. The monoisotopic (exact) mass is 513 g/mol. The van der Waals surface area contributed by atoms with E-state index in [1.54, 1.807) is 24.3 Å². The highest BCUT2D eigenvalue weighted by Gasteiger charge is 2.30. The molecule has 8 heteroatoms. The number of rotatable bonds is 11. The number of unbranched alkanes of at least 4 members (excludes halogenated alkanes) is 1. The van der Waals surface area contributed by atoms with Crippen molar-refractivity contribution >= 4 is 39.3 Å². The fraction of sp³-hybridized carbons (Fsp3) is 0.222. The largest absolute Gasteiger partial charge is 0.494 e. The highest BCUT2D eigenvalue weighted by Crippen LogP contribution is 2.28. The highest BCUT2D eigenvalue weighted by atomic mass is 35.5. The third-order valence-electron chi connectivity index (χ3n) is 5.01. The lowest BCUT2D eigenvalue weighted by molar-refractivity contribution is -0.113. The summed E-state index contributed by atoms with van der Waals surface area (Å²) in [5.41, 5.74) is 0.859. The summed E-state index contributed by atoms with van der Waals surface area (Å²) in [7, 11) is -4.23.